The van der Waals surface area contributed by atoms with Crippen molar-refractivity contribution >= 4 is 5.69 Å². The Morgan fingerprint density at radius 1 is 1.37 bits per heavy atom. The van der Waals surface area contributed by atoms with Gasteiger partial charge in [-0.15, -0.1) is 0 Å². The molecule has 0 aliphatic carbocycles. The van der Waals surface area contributed by atoms with Crippen LogP contribution in [0, 0.1) is 11.2 Å². The molecule has 1 fully saturated rings. The molecule has 0 saturated carbocycles. The number of rotatable bonds is 3. The molecule has 0 amide bonds. The number of nitrogens with zero attached hydrogens (tertiary/aromatic N) is 1. The SMILES string of the molecule is CCC1(C)CCN(c2ccc([C@@H](C)N)cc2F)CC1. The summed E-state index contributed by atoms with van der Waals surface area (Å²) in [6, 6.07) is 5.28. The molecule has 1 saturated heterocycles. The van der Waals surface area contributed by atoms with Crippen LogP contribution in [0.4, 0.5) is 10.1 Å². The van der Waals surface area contributed by atoms with Crippen LogP contribution in [0.1, 0.15) is 51.6 Å². The minimum atomic E-state index is -0.144. The predicted molar refractivity (Wildman–Crippen MR) is 78.8 cm³/mol. The van der Waals surface area contributed by atoms with E-state index in [4.69, 9.17) is 5.73 Å². The van der Waals surface area contributed by atoms with Gasteiger partial charge in [-0.25, -0.2) is 4.39 Å². The topological polar surface area (TPSA) is 29.3 Å². The molecular formula is C16H25FN2. The van der Waals surface area contributed by atoms with Crippen LogP contribution < -0.4 is 10.6 Å². The third-order valence-corrected chi connectivity index (χ3v) is 4.66. The van der Waals surface area contributed by atoms with Gasteiger partial charge in [-0.3, -0.25) is 0 Å². The Kier molecular flexibility index (Phi) is 4.14. The molecule has 2 N–H and O–H groups in total. The zero-order valence-corrected chi connectivity index (χ0v) is 12.2. The highest BCUT2D eigenvalue weighted by atomic mass is 19.1. The number of halogens is 1. The molecule has 1 aliphatic rings. The Morgan fingerprint density at radius 2 is 2.00 bits per heavy atom. The zero-order valence-electron chi connectivity index (χ0n) is 12.2. The number of nitrogens with two attached hydrogens (primary N) is 1. The lowest BCUT2D eigenvalue weighted by Crippen LogP contribution is -2.38. The average Bonchev–Trinajstić information content (AvgIpc) is 2.40. The summed E-state index contributed by atoms with van der Waals surface area (Å²) in [6.45, 7) is 8.34. The average molecular weight is 264 g/mol. The number of anilines is 1. The molecule has 106 valence electrons. The maximum Gasteiger partial charge on any atom is 0.146 e. The largest absolute Gasteiger partial charge is 0.369 e. The molecule has 0 unspecified atom stereocenters. The van der Waals surface area contributed by atoms with Gasteiger partial charge in [-0.2, -0.15) is 0 Å². The zero-order chi connectivity index (χ0) is 14.0. The van der Waals surface area contributed by atoms with Crippen LogP contribution >= 0.6 is 0 Å². The van der Waals surface area contributed by atoms with Crippen molar-refractivity contribution in [2.45, 2.75) is 46.1 Å². The van der Waals surface area contributed by atoms with Gasteiger partial charge in [0.15, 0.2) is 0 Å². The van der Waals surface area contributed by atoms with E-state index in [0.29, 0.717) is 5.41 Å². The fourth-order valence-electron chi connectivity index (χ4n) is 2.70. The minimum Gasteiger partial charge on any atom is -0.369 e. The fraction of sp³-hybridized carbons (Fsp3) is 0.625. The Bertz CT molecular complexity index is 434. The molecule has 1 aromatic rings. The van der Waals surface area contributed by atoms with Gasteiger partial charge >= 0.3 is 0 Å². The summed E-state index contributed by atoms with van der Waals surface area (Å²) in [6.07, 6.45) is 3.48. The first kappa shape index (κ1) is 14.3. The first-order chi connectivity index (χ1) is 8.95. The van der Waals surface area contributed by atoms with Gasteiger partial charge in [0.05, 0.1) is 5.69 Å². The molecule has 1 atom stereocenters. The summed E-state index contributed by atoms with van der Waals surface area (Å²) in [4.78, 5) is 2.16. The number of benzene rings is 1. The monoisotopic (exact) mass is 264 g/mol. The number of hydrogen-bond acceptors (Lipinski definition) is 2. The van der Waals surface area contributed by atoms with Crippen LogP contribution in [0.5, 0.6) is 0 Å². The van der Waals surface area contributed by atoms with E-state index in [0.717, 1.165) is 37.2 Å². The van der Waals surface area contributed by atoms with E-state index in [1.807, 2.05) is 19.1 Å². The van der Waals surface area contributed by atoms with Crippen molar-refractivity contribution in [1.82, 2.24) is 0 Å². The second-order valence-electron chi connectivity index (χ2n) is 6.15. The highest BCUT2D eigenvalue weighted by Gasteiger charge is 2.29. The van der Waals surface area contributed by atoms with E-state index in [-0.39, 0.29) is 11.9 Å². The van der Waals surface area contributed by atoms with Gasteiger partial charge in [-0.1, -0.05) is 26.3 Å². The van der Waals surface area contributed by atoms with Gasteiger partial charge in [0, 0.05) is 19.1 Å². The number of piperidine rings is 1. The molecule has 3 heteroatoms. The Hall–Kier alpha value is -1.09. The van der Waals surface area contributed by atoms with Crippen LogP contribution in [0.2, 0.25) is 0 Å². The second-order valence-corrected chi connectivity index (χ2v) is 6.15. The first-order valence-electron chi connectivity index (χ1n) is 7.25. The van der Waals surface area contributed by atoms with Crippen molar-refractivity contribution in [2.75, 3.05) is 18.0 Å². The third-order valence-electron chi connectivity index (χ3n) is 4.66. The highest BCUT2D eigenvalue weighted by Crippen LogP contribution is 2.36. The van der Waals surface area contributed by atoms with Crippen molar-refractivity contribution in [3.8, 4) is 0 Å². The molecule has 2 nitrogen and oxygen atoms in total. The van der Waals surface area contributed by atoms with Crippen LogP contribution in [0.15, 0.2) is 18.2 Å². The van der Waals surface area contributed by atoms with Crippen LogP contribution in [-0.4, -0.2) is 13.1 Å². The molecule has 19 heavy (non-hydrogen) atoms. The van der Waals surface area contributed by atoms with Crippen LogP contribution in [-0.2, 0) is 0 Å². The van der Waals surface area contributed by atoms with Gasteiger partial charge in [0.2, 0.25) is 0 Å². The summed E-state index contributed by atoms with van der Waals surface area (Å²) in [5, 5.41) is 0. The fourth-order valence-corrected chi connectivity index (χ4v) is 2.70. The molecule has 0 aromatic heterocycles. The quantitative estimate of drug-likeness (QED) is 0.898. The maximum absolute atomic E-state index is 14.2. The van der Waals surface area contributed by atoms with Crippen molar-refractivity contribution in [1.29, 1.82) is 0 Å². The second kappa shape index (κ2) is 5.49. The van der Waals surface area contributed by atoms with E-state index >= 15 is 0 Å². The summed E-state index contributed by atoms with van der Waals surface area (Å²) < 4.78 is 14.2. The predicted octanol–water partition coefficient (Wildman–Crippen LogP) is 3.86. The summed E-state index contributed by atoms with van der Waals surface area (Å²) in [5.41, 5.74) is 7.80. The van der Waals surface area contributed by atoms with Crippen molar-refractivity contribution in [3.05, 3.63) is 29.6 Å². The summed E-state index contributed by atoms with van der Waals surface area (Å²) in [5.74, 6) is -0.144. The maximum atomic E-state index is 14.2. The lowest BCUT2D eigenvalue weighted by atomic mass is 9.78. The van der Waals surface area contributed by atoms with Gasteiger partial charge in [0.25, 0.3) is 0 Å². The van der Waals surface area contributed by atoms with E-state index in [1.165, 1.54) is 6.42 Å². The number of hydrogen-bond donors (Lipinski definition) is 1. The lowest BCUT2D eigenvalue weighted by Gasteiger charge is -2.40. The van der Waals surface area contributed by atoms with E-state index in [9.17, 15) is 4.39 Å². The molecule has 0 radical (unpaired) electrons. The molecule has 0 bridgehead atoms. The van der Waals surface area contributed by atoms with Crippen molar-refractivity contribution in [2.24, 2.45) is 11.1 Å². The Labute approximate surface area is 115 Å². The normalized spacial score (nSPS) is 20.4. The minimum absolute atomic E-state index is 0.117. The van der Waals surface area contributed by atoms with E-state index in [1.54, 1.807) is 6.07 Å². The van der Waals surface area contributed by atoms with Crippen LogP contribution in [0.25, 0.3) is 0 Å². The third kappa shape index (κ3) is 3.08. The highest BCUT2D eigenvalue weighted by molar-refractivity contribution is 5.50. The molecule has 2 rings (SSSR count). The smallest absolute Gasteiger partial charge is 0.146 e. The molecule has 0 spiro atoms. The van der Waals surface area contributed by atoms with Crippen molar-refractivity contribution < 1.29 is 4.39 Å². The molecular weight excluding hydrogens is 239 g/mol. The van der Waals surface area contributed by atoms with Gasteiger partial charge in [0.1, 0.15) is 5.82 Å². The summed E-state index contributed by atoms with van der Waals surface area (Å²) >= 11 is 0. The first-order valence-corrected chi connectivity index (χ1v) is 7.25. The van der Waals surface area contributed by atoms with Gasteiger partial charge in [-0.05, 0) is 42.9 Å². The van der Waals surface area contributed by atoms with Crippen molar-refractivity contribution in [3.63, 3.8) is 0 Å². The Morgan fingerprint density at radius 3 is 2.47 bits per heavy atom. The molecule has 1 heterocycles. The molecule has 1 aromatic carbocycles. The van der Waals surface area contributed by atoms with E-state index in [2.05, 4.69) is 18.7 Å². The van der Waals surface area contributed by atoms with E-state index < -0.39 is 0 Å². The van der Waals surface area contributed by atoms with Crippen LogP contribution in [0.3, 0.4) is 0 Å². The standard InChI is InChI=1S/C16H25FN2/c1-4-16(3)7-9-19(10-8-16)15-6-5-13(12(2)18)11-14(15)17/h5-6,11-12H,4,7-10,18H2,1-3H3/t12-/m1/s1. The summed E-state index contributed by atoms with van der Waals surface area (Å²) in [7, 11) is 0. The molecule has 1 aliphatic heterocycles. The van der Waals surface area contributed by atoms with Gasteiger partial charge < -0.3 is 10.6 Å². The Balaban J connectivity index is 2.12. The lowest BCUT2D eigenvalue weighted by molar-refractivity contribution is 0.237.